The van der Waals surface area contributed by atoms with Crippen LogP contribution >= 0.6 is 0 Å². The lowest BCUT2D eigenvalue weighted by Gasteiger charge is -2.15. The predicted octanol–water partition coefficient (Wildman–Crippen LogP) is 2.75. The van der Waals surface area contributed by atoms with E-state index in [1.807, 2.05) is 24.3 Å². The molecule has 0 atom stereocenters. The van der Waals surface area contributed by atoms with E-state index in [-0.39, 0.29) is 5.82 Å². The monoisotopic (exact) mass is 345 g/mol. The highest BCUT2D eigenvalue weighted by atomic mass is 19.1. The van der Waals surface area contributed by atoms with E-state index in [1.165, 1.54) is 6.07 Å². The number of hydrogen-bond acceptors (Lipinski definition) is 3. The minimum absolute atomic E-state index is 0.187. The molecule has 0 saturated heterocycles. The first-order valence-corrected chi connectivity index (χ1v) is 8.07. The molecule has 6 heteroatoms. The van der Waals surface area contributed by atoms with Crippen molar-refractivity contribution in [2.45, 2.75) is 13.0 Å². The average molecular weight is 345 g/mol. The molecule has 0 aliphatic carbocycles. The van der Waals surface area contributed by atoms with Crippen LogP contribution in [-0.4, -0.2) is 33.8 Å². The number of guanidine groups is 1. The molecule has 2 rings (SSSR count). The zero-order valence-electron chi connectivity index (χ0n) is 14.8. The molecule has 0 radical (unpaired) electrons. The number of nitrogens with one attached hydrogen (secondary N) is 2. The zero-order valence-corrected chi connectivity index (χ0v) is 14.8. The van der Waals surface area contributed by atoms with Crippen LogP contribution < -0.4 is 20.1 Å². The molecule has 2 aromatic rings. The maximum Gasteiger partial charge on any atom is 0.191 e. The fourth-order valence-corrected chi connectivity index (χ4v) is 2.51. The summed E-state index contributed by atoms with van der Waals surface area (Å²) >= 11 is 0. The molecule has 2 aromatic carbocycles. The normalized spacial score (nSPS) is 11.1. The van der Waals surface area contributed by atoms with Crippen LogP contribution in [0.1, 0.15) is 11.1 Å². The van der Waals surface area contributed by atoms with E-state index in [0.29, 0.717) is 42.5 Å². The average Bonchev–Trinajstić information content (AvgIpc) is 2.65. The topological polar surface area (TPSA) is 54.9 Å². The Labute approximate surface area is 147 Å². The van der Waals surface area contributed by atoms with Crippen molar-refractivity contribution in [1.82, 2.24) is 10.6 Å². The van der Waals surface area contributed by atoms with Gasteiger partial charge in [-0.1, -0.05) is 30.3 Å². The second-order valence-electron chi connectivity index (χ2n) is 5.35. The Kier molecular flexibility index (Phi) is 7.07. The first-order chi connectivity index (χ1) is 12.2. The molecule has 5 nitrogen and oxygen atoms in total. The van der Waals surface area contributed by atoms with Gasteiger partial charge in [-0.2, -0.15) is 0 Å². The number of para-hydroxylation sites is 1. The van der Waals surface area contributed by atoms with Crippen LogP contribution in [0, 0.1) is 5.82 Å². The van der Waals surface area contributed by atoms with Crippen molar-refractivity contribution in [1.29, 1.82) is 0 Å². The van der Waals surface area contributed by atoms with E-state index in [0.717, 1.165) is 5.56 Å². The van der Waals surface area contributed by atoms with Gasteiger partial charge in [0, 0.05) is 25.7 Å². The number of hydrogen-bond donors (Lipinski definition) is 2. The fraction of sp³-hybridized carbons (Fsp3) is 0.316. The molecule has 0 bridgehead atoms. The summed E-state index contributed by atoms with van der Waals surface area (Å²) in [5.74, 6) is 1.83. The maximum atomic E-state index is 13.6. The maximum absolute atomic E-state index is 13.6. The summed E-state index contributed by atoms with van der Waals surface area (Å²) in [6.07, 6.45) is 0.579. The Morgan fingerprint density at radius 2 is 1.76 bits per heavy atom. The molecular weight excluding hydrogens is 321 g/mol. The molecule has 0 spiro atoms. The lowest BCUT2D eigenvalue weighted by molar-refractivity contribution is 0.351. The van der Waals surface area contributed by atoms with Gasteiger partial charge in [0.05, 0.1) is 14.2 Å². The predicted molar refractivity (Wildman–Crippen MR) is 97.9 cm³/mol. The smallest absolute Gasteiger partial charge is 0.191 e. The highest BCUT2D eigenvalue weighted by molar-refractivity contribution is 5.79. The summed E-state index contributed by atoms with van der Waals surface area (Å²) < 4.78 is 24.3. The van der Waals surface area contributed by atoms with Gasteiger partial charge < -0.3 is 20.1 Å². The quantitative estimate of drug-likeness (QED) is 0.598. The van der Waals surface area contributed by atoms with Crippen molar-refractivity contribution < 1.29 is 13.9 Å². The van der Waals surface area contributed by atoms with Crippen molar-refractivity contribution in [3.05, 3.63) is 59.4 Å². The van der Waals surface area contributed by atoms with Crippen LogP contribution in [0.5, 0.6) is 11.5 Å². The van der Waals surface area contributed by atoms with Crippen LogP contribution in [0.25, 0.3) is 0 Å². The van der Waals surface area contributed by atoms with Gasteiger partial charge in [-0.3, -0.25) is 4.99 Å². The van der Waals surface area contributed by atoms with Gasteiger partial charge in [-0.05, 0) is 24.1 Å². The fourth-order valence-electron chi connectivity index (χ4n) is 2.51. The van der Waals surface area contributed by atoms with E-state index in [4.69, 9.17) is 9.47 Å². The largest absolute Gasteiger partial charge is 0.493 e. The second kappa shape index (κ2) is 9.52. The standard InChI is InChI=1S/C19H24FN3O2/c1-21-19(22-12-11-14-7-4-5-9-16(14)20)23-13-15-8-6-10-17(24-2)18(15)25-3/h4-10H,11-13H2,1-3H3,(H2,21,22,23). The van der Waals surface area contributed by atoms with Gasteiger partial charge in [0.1, 0.15) is 5.82 Å². The molecule has 25 heavy (non-hydrogen) atoms. The number of rotatable bonds is 7. The summed E-state index contributed by atoms with van der Waals surface area (Å²) in [6.45, 7) is 1.11. The molecule has 0 saturated carbocycles. The van der Waals surface area contributed by atoms with Crippen molar-refractivity contribution in [2.75, 3.05) is 27.8 Å². The lowest BCUT2D eigenvalue weighted by atomic mass is 10.1. The summed E-state index contributed by atoms with van der Waals surface area (Å²) in [6, 6.07) is 12.5. The molecule has 0 aliphatic rings. The number of nitrogens with zero attached hydrogens (tertiary/aromatic N) is 1. The number of methoxy groups -OCH3 is 2. The van der Waals surface area contributed by atoms with Gasteiger partial charge in [0.2, 0.25) is 0 Å². The molecule has 0 aliphatic heterocycles. The molecular formula is C19H24FN3O2. The molecule has 0 heterocycles. The van der Waals surface area contributed by atoms with Crippen LogP contribution in [-0.2, 0) is 13.0 Å². The lowest BCUT2D eigenvalue weighted by Crippen LogP contribution is -2.38. The molecule has 134 valence electrons. The van der Waals surface area contributed by atoms with Crippen molar-refractivity contribution >= 4 is 5.96 Å². The third-order valence-electron chi connectivity index (χ3n) is 3.80. The van der Waals surface area contributed by atoms with Gasteiger partial charge >= 0.3 is 0 Å². The second-order valence-corrected chi connectivity index (χ2v) is 5.35. The highest BCUT2D eigenvalue weighted by Crippen LogP contribution is 2.30. The van der Waals surface area contributed by atoms with E-state index in [1.54, 1.807) is 33.4 Å². The van der Waals surface area contributed by atoms with Crippen LogP contribution in [0.3, 0.4) is 0 Å². The SMILES string of the molecule is CN=C(NCCc1ccccc1F)NCc1cccc(OC)c1OC. The molecule has 0 fully saturated rings. The number of ether oxygens (including phenoxy) is 2. The van der Waals surface area contributed by atoms with Crippen LogP contribution in [0.2, 0.25) is 0 Å². The van der Waals surface area contributed by atoms with Crippen molar-refractivity contribution in [2.24, 2.45) is 4.99 Å². The van der Waals surface area contributed by atoms with Gasteiger partial charge in [0.25, 0.3) is 0 Å². The van der Waals surface area contributed by atoms with Gasteiger partial charge in [0.15, 0.2) is 17.5 Å². The van der Waals surface area contributed by atoms with Crippen molar-refractivity contribution in [3.8, 4) is 11.5 Å². The number of halogens is 1. The van der Waals surface area contributed by atoms with Crippen LogP contribution in [0.4, 0.5) is 4.39 Å². The highest BCUT2D eigenvalue weighted by Gasteiger charge is 2.10. The van der Waals surface area contributed by atoms with Crippen LogP contribution in [0.15, 0.2) is 47.5 Å². The molecule has 0 amide bonds. The summed E-state index contributed by atoms with van der Waals surface area (Å²) in [4.78, 5) is 4.18. The van der Waals surface area contributed by atoms with E-state index in [9.17, 15) is 4.39 Å². The Bertz CT molecular complexity index is 720. The number of aliphatic imine (C=N–C) groups is 1. The van der Waals surface area contributed by atoms with E-state index in [2.05, 4.69) is 15.6 Å². The van der Waals surface area contributed by atoms with Gasteiger partial charge in [-0.15, -0.1) is 0 Å². The molecule has 0 unspecified atom stereocenters. The van der Waals surface area contributed by atoms with E-state index >= 15 is 0 Å². The first kappa shape index (κ1) is 18.6. The summed E-state index contributed by atoms with van der Waals surface area (Å²) in [5, 5.41) is 6.40. The molecule has 2 N–H and O–H groups in total. The van der Waals surface area contributed by atoms with Crippen molar-refractivity contribution in [3.63, 3.8) is 0 Å². The molecule has 0 aromatic heterocycles. The minimum Gasteiger partial charge on any atom is -0.493 e. The Hall–Kier alpha value is -2.76. The zero-order chi connectivity index (χ0) is 18.1. The Balaban J connectivity index is 1.90. The first-order valence-electron chi connectivity index (χ1n) is 8.07. The number of benzene rings is 2. The minimum atomic E-state index is -0.187. The third kappa shape index (κ3) is 5.11. The van der Waals surface area contributed by atoms with E-state index < -0.39 is 0 Å². The Morgan fingerprint density at radius 3 is 2.44 bits per heavy atom. The summed E-state index contributed by atoms with van der Waals surface area (Å²) in [5.41, 5.74) is 1.64. The summed E-state index contributed by atoms with van der Waals surface area (Å²) in [7, 11) is 4.92. The third-order valence-corrected chi connectivity index (χ3v) is 3.80. The van der Waals surface area contributed by atoms with Gasteiger partial charge in [-0.25, -0.2) is 4.39 Å². The Morgan fingerprint density at radius 1 is 1.00 bits per heavy atom.